The molecule has 1 aromatic heterocycles. The lowest BCUT2D eigenvalue weighted by Gasteiger charge is -2.26. The molecular formula is C10H11F3N2O2. The Balaban J connectivity index is 2.61. The Bertz CT molecular complexity index is 390. The number of amides is 1. The Morgan fingerprint density at radius 1 is 1.47 bits per heavy atom. The molecule has 0 bridgehead atoms. The van der Waals surface area contributed by atoms with E-state index in [-0.39, 0.29) is 5.69 Å². The third kappa shape index (κ3) is 3.42. The highest BCUT2D eigenvalue weighted by molar-refractivity contribution is 5.92. The monoisotopic (exact) mass is 248 g/mol. The van der Waals surface area contributed by atoms with Crippen molar-refractivity contribution < 1.29 is 23.1 Å². The quantitative estimate of drug-likeness (QED) is 0.842. The van der Waals surface area contributed by atoms with Crippen molar-refractivity contribution in [3.8, 4) is 0 Å². The second-order valence-corrected chi connectivity index (χ2v) is 3.67. The normalized spacial score (nSPS) is 15.1. The van der Waals surface area contributed by atoms with Crippen LogP contribution in [0.5, 0.6) is 0 Å². The molecule has 1 aromatic rings. The summed E-state index contributed by atoms with van der Waals surface area (Å²) < 4.78 is 36.8. The smallest absolute Gasteiger partial charge is 0.379 e. The molecular weight excluding hydrogens is 237 g/mol. The maximum Gasteiger partial charge on any atom is 0.418 e. The van der Waals surface area contributed by atoms with Crippen LogP contribution in [-0.2, 0) is 0 Å². The minimum Gasteiger partial charge on any atom is -0.379 e. The summed E-state index contributed by atoms with van der Waals surface area (Å²) in [6.07, 6.45) is -3.46. The summed E-state index contributed by atoms with van der Waals surface area (Å²) in [6, 6.07) is 4.46. The number of rotatable bonds is 3. The van der Waals surface area contributed by atoms with Gasteiger partial charge in [0, 0.05) is 6.20 Å². The highest BCUT2D eigenvalue weighted by atomic mass is 19.4. The van der Waals surface area contributed by atoms with Gasteiger partial charge in [-0.05, 0) is 19.1 Å². The number of hydrogen-bond acceptors (Lipinski definition) is 3. The van der Waals surface area contributed by atoms with E-state index in [1.54, 1.807) is 6.07 Å². The van der Waals surface area contributed by atoms with Gasteiger partial charge >= 0.3 is 6.18 Å². The summed E-state index contributed by atoms with van der Waals surface area (Å²) in [6.45, 7) is -0.336. The molecule has 2 N–H and O–H groups in total. The molecule has 0 aliphatic rings. The van der Waals surface area contributed by atoms with Crippen LogP contribution in [0.2, 0.25) is 0 Å². The van der Waals surface area contributed by atoms with Crippen molar-refractivity contribution in [3.63, 3.8) is 0 Å². The molecule has 0 radical (unpaired) electrons. The second kappa shape index (κ2) is 4.70. The van der Waals surface area contributed by atoms with Gasteiger partial charge in [-0.1, -0.05) is 6.07 Å². The lowest BCUT2D eigenvalue weighted by Crippen LogP contribution is -2.51. The third-order valence-corrected chi connectivity index (χ3v) is 2.10. The van der Waals surface area contributed by atoms with Gasteiger partial charge < -0.3 is 10.4 Å². The predicted octanol–water partition coefficient (Wildman–Crippen LogP) is 1.12. The van der Waals surface area contributed by atoms with Gasteiger partial charge in [0.25, 0.3) is 5.91 Å². The van der Waals surface area contributed by atoms with E-state index in [0.717, 1.165) is 0 Å². The van der Waals surface area contributed by atoms with Gasteiger partial charge in [-0.25, -0.2) is 0 Å². The van der Waals surface area contributed by atoms with Crippen LogP contribution < -0.4 is 5.32 Å². The molecule has 0 spiro atoms. The zero-order chi connectivity index (χ0) is 13.1. The summed E-state index contributed by atoms with van der Waals surface area (Å²) >= 11 is 0. The Labute approximate surface area is 95.5 Å². The van der Waals surface area contributed by atoms with Crippen molar-refractivity contribution in [2.24, 2.45) is 0 Å². The van der Waals surface area contributed by atoms with Crippen LogP contribution in [-0.4, -0.2) is 34.3 Å². The number of nitrogens with zero attached hydrogens (tertiary/aromatic N) is 1. The van der Waals surface area contributed by atoms with Crippen LogP contribution in [0.4, 0.5) is 13.2 Å². The topological polar surface area (TPSA) is 62.2 Å². The molecule has 4 nitrogen and oxygen atoms in total. The summed E-state index contributed by atoms with van der Waals surface area (Å²) in [5.41, 5.74) is -2.97. The van der Waals surface area contributed by atoms with Gasteiger partial charge in [-0.3, -0.25) is 9.78 Å². The van der Waals surface area contributed by atoms with E-state index in [0.29, 0.717) is 6.92 Å². The average molecular weight is 248 g/mol. The SMILES string of the molecule is CC(O)(CNC(=O)c1ccccn1)C(F)(F)F. The summed E-state index contributed by atoms with van der Waals surface area (Å²) in [7, 11) is 0. The third-order valence-electron chi connectivity index (χ3n) is 2.10. The molecule has 1 amide bonds. The van der Waals surface area contributed by atoms with Crippen molar-refractivity contribution in [1.82, 2.24) is 10.3 Å². The molecule has 1 rings (SSSR count). The fourth-order valence-electron chi connectivity index (χ4n) is 0.940. The second-order valence-electron chi connectivity index (χ2n) is 3.67. The Morgan fingerprint density at radius 2 is 2.12 bits per heavy atom. The fraction of sp³-hybridized carbons (Fsp3) is 0.400. The molecule has 1 unspecified atom stereocenters. The number of aliphatic hydroxyl groups is 1. The number of halogens is 3. The van der Waals surface area contributed by atoms with E-state index in [2.05, 4.69) is 4.98 Å². The fourth-order valence-corrected chi connectivity index (χ4v) is 0.940. The van der Waals surface area contributed by atoms with Crippen molar-refractivity contribution in [3.05, 3.63) is 30.1 Å². The van der Waals surface area contributed by atoms with E-state index in [1.807, 2.05) is 5.32 Å². The molecule has 94 valence electrons. The molecule has 0 aliphatic heterocycles. The van der Waals surface area contributed by atoms with Crippen molar-refractivity contribution >= 4 is 5.91 Å². The highest BCUT2D eigenvalue weighted by Crippen LogP contribution is 2.29. The first kappa shape index (κ1) is 13.4. The minimum absolute atomic E-state index is 0.00882. The number of aromatic nitrogens is 1. The molecule has 7 heteroatoms. The van der Waals surface area contributed by atoms with Crippen LogP contribution >= 0.6 is 0 Å². The Kier molecular flexibility index (Phi) is 3.72. The summed E-state index contributed by atoms with van der Waals surface area (Å²) in [4.78, 5) is 15.0. The van der Waals surface area contributed by atoms with E-state index in [4.69, 9.17) is 5.11 Å². The number of nitrogens with one attached hydrogen (secondary N) is 1. The average Bonchev–Trinajstić information content (AvgIpc) is 2.25. The number of pyridine rings is 1. The van der Waals surface area contributed by atoms with E-state index in [1.165, 1.54) is 18.3 Å². The maximum atomic E-state index is 12.3. The maximum absolute atomic E-state index is 12.3. The van der Waals surface area contributed by atoms with Crippen LogP contribution in [0.15, 0.2) is 24.4 Å². The summed E-state index contributed by atoms with van der Waals surface area (Å²) in [5.74, 6) is -0.768. The minimum atomic E-state index is -4.80. The molecule has 0 aliphatic carbocycles. The van der Waals surface area contributed by atoms with Gasteiger partial charge in [0.05, 0.1) is 6.54 Å². The summed E-state index contributed by atoms with van der Waals surface area (Å²) in [5, 5.41) is 11.1. The standard InChI is InChI=1S/C10H11F3N2O2/c1-9(17,10(11,12)13)6-15-8(16)7-4-2-3-5-14-7/h2-5,17H,6H2,1H3,(H,15,16). The Hall–Kier alpha value is -1.63. The predicted molar refractivity (Wildman–Crippen MR) is 53.2 cm³/mol. The van der Waals surface area contributed by atoms with Gasteiger partial charge in [0.2, 0.25) is 0 Å². The zero-order valence-electron chi connectivity index (χ0n) is 8.95. The molecule has 1 heterocycles. The van der Waals surface area contributed by atoms with Crippen LogP contribution in [0.1, 0.15) is 17.4 Å². The van der Waals surface area contributed by atoms with Crippen molar-refractivity contribution in [2.45, 2.75) is 18.7 Å². The molecule has 0 saturated carbocycles. The molecule has 0 fully saturated rings. The van der Waals surface area contributed by atoms with Gasteiger partial charge in [0.15, 0.2) is 5.60 Å². The molecule has 0 saturated heterocycles. The first-order valence-corrected chi connectivity index (χ1v) is 4.72. The number of carbonyl (C=O) groups is 1. The van der Waals surface area contributed by atoms with E-state index in [9.17, 15) is 18.0 Å². The number of hydrogen-bond donors (Lipinski definition) is 2. The molecule has 1 atom stereocenters. The van der Waals surface area contributed by atoms with Crippen molar-refractivity contribution in [2.75, 3.05) is 6.54 Å². The zero-order valence-corrected chi connectivity index (χ0v) is 8.95. The van der Waals surface area contributed by atoms with Crippen LogP contribution in [0, 0.1) is 0 Å². The van der Waals surface area contributed by atoms with Crippen molar-refractivity contribution in [1.29, 1.82) is 0 Å². The van der Waals surface area contributed by atoms with Crippen LogP contribution in [0.25, 0.3) is 0 Å². The van der Waals surface area contributed by atoms with E-state index < -0.39 is 24.2 Å². The lowest BCUT2D eigenvalue weighted by molar-refractivity contribution is -0.249. The molecule has 17 heavy (non-hydrogen) atoms. The molecule has 0 aromatic carbocycles. The van der Waals surface area contributed by atoms with Gasteiger partial charge in [0.1, 0.15) is 5.69 Å². The number of carbonyl (C=O) groups excluding carboxylic acids is 1. The van der Waals surface area contributed by atoms with Gasteiger partial charge in [-0.2, -0.15) is 13.2 Å². The van der Waals surface area contributed by atoms with Gasteiger partial charge in [-0.15, -0.1) is 0 Å². The number of alkyl halides is 3. The van der Waals surface area contributed by atoms with Crippen LogP contribution in [0.3, 0.4) is 0 Å². The highest BCUT2D eigenvalue weighted by Gasteiger charge is 2.49. The Morgan fingerprint density at radius 3 is 2.59 bits per heavy atom. The van der Waals surface area contributed by atoms with E-state index >= 15 is 0 Å². The largest absolute Gasteiger partial charge is 0.418 e. The first-order valence-electron chi connectivity index (χ1n) is 4.72. The first-order chi connectivity index (χ1) is 7.74. The lowest BCUT2D eigenvalue weighted by atomic mass is 10.1.